The molecule has 0 N–H and O–H groups in total. The van der Waals surface area contributed by atoms with E-state index in [9.17, 15) is 0 Å². The quantitative estimate of drug-likeness (QED) is 0.847. The number of benzene rings is 1. The normalized spacial score (nSPS) is 10.2. The van der Waals surface area contributed by atoms with E-state index in [1.165, 1.54) is 0 Å². The summed E-state index contributed by atoms with van der Waals surface area (Å²) in [5.74, 6) is 1.31. The van der Waals surface area contributed by atoms with Gasteiger partial charge in [-0.1, -0.05) is 11.6 Å². The summed E-state index contributed by atoms with van der Waals surface area (Å²) in [6, 6.07) is 5.50. The summed E-state index contributed by atoms with van der Waals surface area (Å²) >= 11 is 6.99. The average Bonchev–Trinajstić information content (AvgIpc) is 2.74. The fraction of sp³-hybridized carbons (Fsp3) is 0.200. The zero-order valence-corrected chi connectivity index (χ0v) is 10.3. The highest BCUT2D eigenvalue weighted by atomic mass is 35.5. The van der Waals surface area contributed by atoms with E-state index >= 15 is 0 Å². The minimum atomic E-state index is 0.400. The molecule has 0 aliphatic rings. The highest BCUT2D eigenvalue weighted by Crippen LogP contribution is 2.33. The summed E-state index contributed by atoms with van der Waals surface area (Å²) in [5.41, 5.74) is 1.52. The van der Waals surface area contributed by atoms with Crippen LogP contribution in [0, 0.1) is 0 Å². The van der Waals surface area contributed by atoms with Crippen LogP contribution < -0.4 is 9.47 Å². The molecule has 0 radical (unpaired) electrons. The smallest absolute Gasteiger partial charge is 0.170 e. The molecule has 0 unspecified atom stereocenters. The van der Waals surface area contributed by atoms with Crippen molar-refractivity contribution in [3.8, 4) is 22.8 Å². The van der Waals surface area contributed by atoms with Crippen molar-refractivity contribution in [1.82, 2.24) is 8.75 Å². The van der Waals surface area contributed by atoms with E-state index < -0.39 is 0 Å². The summed E-state index contributed by atoms with van der Waals surface area (Å²) in [6.07, 6.45) is 0. The third-order valence-electron chi connectivity index (χ3n) is 2.11. The van der Waals surface area contributed by atoms with Gasteiger partial charge in [-0.15, -0.1) is 0 Å². The van der Waals surface area contributed by atoms with E-state index in [2.05, 4.69) is 8.75 Å². The van der Waals surface area contributed by atoms with Crippen molar-refractivity contribution in [3.63, 3.8) is 0 Å². The Hall–Kier alpha value is -1.33. The van der Waals surface area contributed by atoms with Gasteiger partial charge in [0.2, 0.25) is 0 Å². The lowest BCUT2D eigenvalue weighted by molar-refractivity contribution is 0.355. The van der Waals surface area contributed by atoms with Gasteiger partial charge in [-0.25, -0.2) is 0 Å². The van der Waals surface area contributed by atoms with E-state index in [0.717, 1.165) is 17.3 Å². The molecule has 16 heavy (non-hydrogen) atoms. The molecule has 0 aliphatic carbocycles. The number of rotatable bonds is 3. The lowest BCUT2D eigenvalue weighted by atomic mass is 10.1. The molecule has 0 saturated carbocycles. The van der Waals surface area contributed by atoms with Gasteiger partial charge in [0.15, 0.2) is 16.7 Å². The number of hydrogen-bond acceptors (Lipinski definition) is 5. The van der Waals surface area contributed by atoms with Gasteiger partial charge in [0, 0.05) is 5.56 Å². The third kappa shape index (κ3) is 1.96. The van der Waals surface area contributed by atoms with Crippen LogP contribution in [0.25, 0.3) is 11.3 Å². The van der Waals surface area contributed by atoms with E-state index in [1.807, 2.05) is 18.2 Å². The molecule has 2 rings (SSSR count). The Balaban J connectivity index is 2.48. The van der Waals surface area contributed by atoms with Crippen molar-refractivity contribution in [2.24, 2.45) is 0 Å². The maximum Gasteiger partial charge on any atom is 0.170 e. The van der Waals surface area contributed by atoms with Crippen molar-refractivity contribution >= 4 is 23.3 Å². The average molecular weight is 257 g/mol. The van der Waals surface area contributed by atoms with Gasteiger partial charge in [0.05, 0.1) is 25.9 Å². The zero-order valence-electron chi connectivity index (χ0n) is 8.73. The molecule has 1 aromatic carbocycles. The SMILES string of the molecule is COc1ccc(-c2nsnc2Cl)cc1OC. The first-order valence-electron chi connectivity index (χ1n) is 4.46. The van der Waals surface area contributed by atoms with E-state index in [-0.39, 0.29) is 0 Å². The van der Waals surface area contributed by atoms with E-state index in [1.54, 1.807) is 14.2 Å². The van der Waals surface area contributed by atoms with Crippen LogP contribution >= 0.6 is 23.3 Å². The van der Waals surface area contributed by atoms with Crippen LogP contribution in [-0.2, 0) is 0 Å². The highest BCUT2D eigenvalue weighted by Gasteiger charge is 2.11. The summed E-state index contributed by atoms with van der Waals surface area (Å²) < 4.78 is 18.4. The largest absolute Gasteiger partial charge is 0.493 e. The third-order valence-corrected chi connectivity index (χ3v) is 3.00. The van der Waals surface area contributed by atoms with Crippen molar-refractivity contribution in [2.75, 3.05) is 14.2 Å². The number of ether oxygens (including phenoxy) is 2. The fourth-order valence-corrected chi connectivity index (χ4v) is 2.10. The van der Waals surface area contributed by atoms with Crippen LogP contribution in [0.3, 0.4) is 0 Å². The Labute approximate surface area is 102 Å². The molecule has 0 saturated heterocycles. The van der Waals surface area contributed by atoms with Crippen molar-refractivity contribution in [2.45, 2.75) is 0 Å². The second-order valence-corrected chi connectivity index (χ2v) is 3.86. The summed E-state index contributed by atoms with van der Waals surface area (Å²) in [4.78, 5) is 0. The molecule has 0 bridgehead atoms. The predicted octanol–water partition coefficient (Wildman–Crippen LogP) is 2.88. The van der Waals surface area contributed by atoms with Crippen LogP contribution in [0.15, 0.2) is 18.2 Å². The Kier molecular flexibility index (Phi) is 3.26. The lowest BCUT2D eigenvalue weighted by Gasteiger charge is -2.08. The van der Waals surface area contributed by atoms with Gasteiger partial charge in [0.25, 0.3) is 0 Å². The van der Waals surface area contributed by atoms with E-state index in [0.29, 0.717) is 22.3 Å². The van der Waals surface area contributed by atoms with Gasteiger partial charge in [-0.05, 0) is 18.2 Å². The monoisotopic (exact) mass is 256 g/mol. The molecule has 1 heterocycles. The second kappa shape index (κ2) is 4.67. The molecular weight excluding hydrogens is 248 g/mol. The number of halogens is 1. The maximum atomic E-state index is 5.91. The standard InChI is InChI=1S/C10H9ClN2O2S/c1-14-7-4-3-6(5-8(7)15-2)9-10(11)13-16-12-9/h3-5H,1-2H3. The first kappa shape index (κ1) is 11.2. The number of aromatic nitrogens is 2. The molecule has 0 spiro atoms. The topological polar surface area (TPSA) is 44.2 Å². The van der Waals surface area contributed by atoms with Gasteiger partial charge in [-0.2, -0.15) is 8.75 Å². The van der Waals surface area contributed by atoms with Crippen LogP contribution in [0.2, 0.25) is 5.15 Å². The molecule has 0 atom stereocenters. The molecule has 0 fully saturated rings. The summed E-state index contributed by atoms with van der Waals surface area (Å²) in [7, 11) is 3.18. The van der Waals surface area contributed by atoms with Gasteiger partial charge < -0.3 is 9.47 Å². The summed E-state index contributed by atoms with van der Waals surface area (Å²) in [6.45, 7) is 0. The van der Waals surface area contributed by atoms with Crippen molar-refractivity contribution in [3.05, 3.63) is 23.4 Å². The highest BCUT2D eigenvalue weighted by molar-refractivity contribution is 6.99. The van der Waals surface area contributed by atoms with Gasteiger partial charge >= 0.3 is 0 Å². The molecule has 6 heteroatoms. The molecule has 0 aliphatic heterocycles. The second-order valence-electron chi connectivity index (χ2n) is 2.97. The van der Waals surface area contributed by atoms with Crippen LogP contribution in [-0.4, -0.2) is 23.0 Å². The van der Waals surface area contributed by atoms with Crippen molar-refractivity contribution < 1.29 is 9.47 Å². The Morgan fingerprint density at radius 1 is 1.12 bits per heavy atom. The number of hydrogen-bond donors (Lipinski definition) is 0. The first-order chi connectivity index (χ1) is 7.76. The minimum absolute atomic E-state index is 0.400. The molecule has 2 aromatic rings. The Morgan fingerprint density at radius 3 is 2.44 bits per heavy atom. The van der Waals surface area contributed by atoms with E-state index in [4.69, 9.17) is 21.1 Å². The zero-order chi connectivity index (χ0) is 11.5. The molecule has 1 aromatic heterocycles. The van der Waals surface area contributed by atoms with Gasteiger partial charge in [-0.3, -0.25) is 0 Å². The summed E-state index contributed by atoms with van der Waals surface area (Å²) in [5, 5.41) is 0.400. The predicted molar refractivity (Wildman–Crippen MR) is 63.5 cm³/mol. The molecule has 0 amide bonds. The van der Waals surface area contributed by atoms with Crippen LogP contribution in [0.4, 0.5) is 0 Å². The number of methoxy groups -OCH3 is 2. The Bertz CT molecular complexity index is 501. The maximum absolute atomic E-state index is 5.91. The first-order valence-corrected chi connectivity index (χ1v) is 5.57. The number of nitrogens with zero attached hydrogens (tertiary/aromatic N) is 2. The lowest BCUT2D eigenvalue weighted by Crippen LogP contribution is -1.91. The van der Waals surface area contributed by atoms with Crippen molar-refractivity contribution in [1.29, 1.82) is 0 Å². The van der Waals surface area contributed by atoms with Gasteiger partial charge in [0.1, 0.15) is 5.69 Å². The van der Waals surface area contributed by atoms with Crippen LogP contribution in [0.1, 0.15) is 0 Å². The molecule has 4 nitrogen and oxygen atoms in total. The van der Waals surface area contributed by atoms with Crippen LogP contribution in [0.5, 0.6) is 11.5 Å². The fourth-order valence-electron chi connectivity index (χ4n) is 1.33. The minimum Gasteiger partial charge on any atom is -0.493 e. The Morgan fingerprint density at radius 2 is 1.88 bits per heavy atom. The molecular formula is C10H9ClN2O2S. The molecule has 84 valence electrons.